The zero-order valence-corrected chi connectivity index (χ0v) is 20.7. The molecule has 2 heterocycles. The molecule has 11 heteroatoms. The quantitative estimate of drug-likeness (QED) is 0.288. The van der Waals surface area contributed by atoms with Crippen molar-refractivity contribution in [2.45, 2.75) is 49.5 Å². The summed E-state index contributed by atoms with van der Waals surface area (Å²) in [6.07, 6.45) is -1.20. The third kappa shape index (κ3) is 5.95. The molecule has 9 nitrogen and oxygen atoms in total. The molecule has 2 aliphatic heterocycles. The molecule has 6 atom stereocenters. The Kier molecular flexibility index (Phi) is 9.25. The molecule has 0 radical (unpaired) electrons. The Labute approximate surface area is 201 Å². The minimum absolute atomic E-state index is 0.0503. The lowest BCUT2D eigenvalue weighted by molar-refractivity contribution is -0.165. The first-order valence-corrected chi connectivity index (χ1v) is 11.4. The van der Waals surface area contributed by atoms with Gasteiger partial charge in [0.05, 0.1) is 13.0 Å². The molecule has 2 saturated heterocycles. The number of hydrogen-bond donors (Lipinski definition) is 4. The second kappa shape index (κ2) is 11.0. The van der Waals surface area contributed by atoms with Gasteiger partial charge in [0.15, 0.2) is 12.2 Å². The number of benzene rings is 1. The van der Waals surface area contributed by atoms with Crippen LogP contribution in [0.25, 0.3) is 0 Å². The van der Waals surface area contributed by atoms with E-state index >= 15 is 0 Å². The third-order valence-electron chi connectivity index (χ3n) is 5.92. The maximum Gasteiger partial charge on any atom is 0.335 e. The topological polar surface area (TPSA) is 145 Å². The predicted octanol–water partition coefficient (Wildman–Crippen LogP) is 1.67. The highest BCUT2D eigenvalue weighted by molar-refractivity contribution is 14.1. The Morgan fingerprint density at radius 2 is 1.74 bits per heavy atom. The number of nitrogens with zero attached hydrogens (tertiary/aromatic N) is 1. The average molecular weight is 614 g/mol. The van der Waals surface area contributed by atoms with Crippen LogP contribution in [0.2, 0.25) is 0 Å². The fourth-order valence-corrected chi connectivity index (χ4v) is 5.01. The summed E-state index contributed by atoms with van der Waals surface area (Å²) in [5.74, 6) is -3.39. The summed E-state index contributed by atoms with van der Waals surface area (Å²) in [6.45, 7) is 0. The van der Waals surface area contributed by atoms with E-state index in [2.05, 4.69) is 68.7 Å². The van der Waals surface area contributed by atoms with Crippen molar-refractivity contribution in [1.82, 2.24) is 4.90 Å². The van der Waals surface area contributed by atoms with Crippen LogP contribution in [0.3, 0.4) is 0 Å². The highest BCUT2D eigenvalue weighted by atomic mass is 127. The largest absolute Gasteiger partial charge is 0.479 e. The molecule has 0 spiro atoms. The van der Waals surface area contributed by atoms with Crippen LogP contribution in [0, 0.1) is 9.49 Å². The number of carboxylic acids is 2. The number of aliphatic hydroxyl groups excluding tert-OH is 2. The van der Waals surface area contributed by atoms with Crippen LogP contribution in [-0.2, 0) is 19.1 Å². The van der Waals surface area contributed by atoms with Gasteiger partial charge in [-0.25, -0.2) is 9.59 Å². The summed E-state index contributed by atoms with van der Waals surface area (Å²) < 4.78 is 7.42. The van der Waals surface area contributed by atoms with E-state index in [-0.39, 0.29) is 17.8 Å². The number of aliphatic hydroxyl groups is 2. The molecule has 2 bridgehead atoms. The smallest absolute Gasteiger partial charge is 0.335 e. The Bertz CT molecular complexity index is 819. The van der Waals surface area contributed by atoms with E-state index in [4.69, 9.17) is 25.2 Å². The van der Waals surface area contributed by atoms with Gasteiger partial charge >= 0.3 is 17.9 Å². The lowest BCUT2D eigenvalue weighted by Crippen LogP contribution is -2.49. The van der Waals surface area contributed by atoms with Gasteiger partial charge in [-0.15, -0.1) is 0 Å². The maximum absolute atomic E-state index is 12.4. The van der Waals surface area contributed by atoms with Gasteiger partial charge in [0, 0.05) is 26.0 Å². The van der Waals surface area contributed by atoms with Crippen LogP contribution in [0.1, 0.15) is 30.7 Å². The standard InChI is InChI=1S/C16H19BrINO2.C4H6O6/c1-19-10-4-6-14(19)15(16(20)21-2)11(8-10)9-3-5-13(18)12(17)7-9;5-1(3(7)8)2(6)4(9)10/h3,5,7,10-11,14-15H,4,6,8H2,1-2H3;1-2,5-6H,(H,7,8)(H,9,10)/t10-,11+,14+,15-;/m0./s1. The Hall–Kier alpha value is -1.28. The molecule has 2 aliphatic rings. The van der Waals surface area contributed by atoms with Crippen LogP contribution in [0.15, 0.2) is 22.7 Å². The highest BCUT2D eigenvalue weighted by Gasteiger charge is 2.49. The van der Waals surface area contributed by atoms with E-state index in [1.54, 1.807) is 0 Å². The number of halogens is 2. The van der Waals surface area contributed by atoms with Gasteiger partial charge in [0.2, 0.25) is 0 Å². The van der Waals surface area contributed by atoms with Crippen molar-refractivity contribution >= 4 is 56.4 Å². The number of carboxylic acid groups (broad SMARTS) is 2. The third-order valence-corrected chi connectivity index (χ3v) is 8.26. The zero-order chi connectivity index (χ0) is 23.5. The lowest BCUT2D eigenvalue weighted by Gasteiger charge is -2.41. The number of fused-ring (bicyclic) bond motifs is 2. The molecule has 172 valence electrons. The van der Waals surface area contributed by atoms with Gasteiger partial charge in [-0.3, -0.25) is 9.69 Å². The molecule has 31 heavy (non-hydrogen) atoms. The number of aliphatic carboxylic acids is 2. The molecule has 4 N–H and O–H groups in total. The molecular formula is C20H25BrINO8. The van der Waals surface area contributed by atoms with Gasteiger partial charge in [-0.2, -0.15) is 0 Å². The first kappa shape index (κ1) is 26.0. The molecule has 1 aromatic rings. The van der Waals surface area contributed by atoms with Crippen LogP contribution in [0.4, 0.5) is 0 Å². The highest BCUT2D eigenvalue weighted by Crippen LogP contribution is 2.47. The normalized spacial score (nSPS) is 26.9. The van der Waals surface area contributed by atoms with E-state index in [9.17, 15) is 14.4 Å². The summed E-state index contributed by atoms with van der Waals surface area (Å²) in [4.78, 5) is 34.3. The molecule has 2 unspecified atom stereocenters. The van der Waals surface area contributed by atoms with Crippen LogP contribution < -0.4 is 0 Å². The Balaban J connectivity index is 0.000000291. The van der Waals surface area contributed by atoms with E-state index < -0.39 is 24.1 Å². The number of carbonyl (C=O) groups is 3. The van der Waals surface area contributed by atoms with Gasteiger partial charge < -0.3 is 25.2 Å². The number of ether oxygens (including phenoxy) is 1. The lowest BCUT2D eigenvalue weighted by atomic mass is 9.76. The van der Waals surface area contributed by atoms with Crippen LogP contribution in [0.5, 0.6) is 0 Å². The summed E-state index contributed by atoms with van der Waals surface area (Å²) in [6, 6.07) is 7.37. The van der Waals surface area contributed by atoms with Gasteiger partial charge in [0.25, 0.3) is 0 Å². The van der Waals surface area contributed by atoms with Crippen molar-refractivity contribution in [3.63, 3.8) is 0 Å². The first-order chi connectivity index (χ1) is 14.5. The van der Waals surface area contributed by atoms with Gasteiger partial charge in [-0.1, -0.05) is 6.07 Å². The summed E-state index contributed by atoms with van der Waals surface area (Å²) in [5, 5.41) is 32.5. The van der Waals surface area contributed by atoms with E-state index in [1.807, 2.05) is 0 Å². The predicted molar refractivity (Wildman–Crippen MR) is 122 cm³/mol. The SMILES string of the molecule is COC(=O)[C@H]1[C@@H](c2ccc(I)c(Br)c2)C[C@@H]2CC[C@H]1N2C.O=C(O)C(O)C(O)C(=O)O. The minimum Gasteiger partial charge on any atom is -0.479 e. The van der Waals surface area contributed by atoms with Crippen molar-refractivity contribution in [3.05, 3.63) is 31.8 Å². The van der Waals surface area contributed by atoms with Crippen LogP contribution >= 0.6 is 38.5 Å². The summed E-state index contributed by atoms with van der Waals surface area (Å²) in [5.41, 5.74) is 1.25. The molecular weight excluding hydrogens is 589 g/mol. The van der Waals surface area contributed by atoms with Crippen molar-refractivity contribution in [2.75, 3.05) is 14.2 Å². The first-order valence-electron chi connectivity index (χ1n) is 9.56. The van der Waals surface area contributed by atoms with Crippen molar-refractivity contribution in [1.29, 1.82) is 0 Å². The molecule has 0 aromatic heterocycles. The van der Waals surface area contributed by atoms with E-state index in [0.717, 1.165) is 17.3 Å². The number of rotatable bonds is 5. The monoisotopic (exact) mass is 613 g/mol. The Morgan fingerprint density at radius 1 is 1.16 bits per heavy atom. The molecule has 2 fully saturated rings. The number of carbonyl (C=O) groups excluding carboxylic acids is 1. The molecule has 1 aromatic carbocycles. The molecule has 0 aliphatic carbocycles. The second-order valence-electron chi connectivity index (χ2n) is 7.59. The van der Waals surface area contributed by atoms with Gasteiger partial charge in [0.1, 0.15) is 0 Å². The number of hydrogen-bond acceptors (Lipinski definition) is 7. The number of esters is 1. The number of methoxy groups -OCH3 is 1. The minimum atomic E-state index is -2.27. The Morgan fingerprint density at radius 3 is 2.23 bits per heavy atom. The second-order valence-corrected chi connectivity index (χ2v) is 9.61. The summed E-state index contributed by atoms with van der Waals surface area (Å²) >= 11 is 5.93. The fourth-order valence-electron chi connectivity index (χ4n) is 4.28. The van der Waals surface area contributed by atoms with Crippen molar-refractivity contribution in [3.8, 4) is 0 Å². The zero-order valence-electron chi connectivity index (χ0n) is 16.9. The van der Waals surface area contributed by atoms with Crippen LogP contribution in [-0.4, -0.2) is 81.7 Å². The van der Waals surface area contributed by atoms with E-state index in [1.165, 1.54) is 22.7 Å². The average Bonchev–Trinajstić information content (AvgIpc) is 2.96. The molecule has 0 saturated carbocycles. The fraction of sp³-hybridized carbons (Fsp3) is 0.550. The summed E-state index contributed by atoms with van der Waals surface area (Å²) in [7, 11) is 3.66. The van der Waals surface area contributed by atoms with Gasteiger partial charge in [-0.05, 0) is 82.5 Å². The number of piperidine rings is 1. The maximum atomic E-state index is 12.4. The molecule has 0 amide bonds. The van der Waals surface area contributed by atoms with Crippen molar-refractivity contribution in [2.24, 2.45) is 5.92 Å². The van der Waals surface area contributed by atoms with E-state index in [0.29, 0.717) is 12.1 Å². The van der Waals surface area contributed by atoms with Crippen molar-refractivity contribution < 1.29 is 39.5 Å². The molecule has 3 rings (SSSR count).